The molecule has 1 aliphatic heterocycles. The number of nitrogens with one attached hydrogen (secondary N) is 1. The van der Waals surface area contributed by atoms with Crippen molar-refractivity contribution in [3.8, 4) is 6.07 Å². The number of fused-ring (bicyclic) bond motifs is 3. The van der Waals surface area contributed by atoms with E-state index in [4.69, 9.17) is 11.6 Å². The highest BCUT2D eigenvalue weighted by Gasteiger charge is 2.26. The van der Waals surface area contributed by atoms with Crippen LogP contribution >= 0.6 is 27.5 Å². The first-order valence-corrected chi connectivity index (χ1v) is 12.8. The molecule has 0 radical (unpaired) electrons. The van der Waals surface area contributed by atoms with E-state index in [1.54, 1.807) is 16.8 Å². The monoisotopic (exact) mass is 559 g/mol. The van der Waals surface area contributed by atoms with Gasteiger partial charge in [0, 0.05) is 54.9 Å². The van der Waals surface area contributed by atoms with Crippen molar-refractivity contribution in [3.63, 3.8) is 0 Å². The molecule has 0 aliphatic carbocycles. The molecule has 0 saturated carbocycles. The molecule has 0 spiro atoms. The third kappa shape index (κ3) is 5.21. The molecule has 8 heteroatoms. The number of hydrogen-bond donors (Lipinski definition) is 1. The molecule has 6 nitrogen and oxygen atoms in total. The van der Waals surface area contributed by atoms with Crippen molar-refractivity contribution >= 4 is 50.5 Å². The van der Waals surface area contributed by atoms with Gasteiger partial charge in [-0.1, -0.05) is 35.9 Å². The number of pyridine rings is 1. The van der Waals surface area contributed by atoms with Crippen molar-refractivity contribution in [2.75, 3.05) is 13.1 Å². The maximum atomic E-state index is 13.4. The van der Waals surface area contributed by atoms with Crippen LogP contribution in [-0.2, 0) is 19.5 Å². The van der Waals surface area contributed by atoms with Crippen LogP contribution in [0, 0.1) is 11.3 Å². The second-order valence-corrected chi connectivity index (χ2v) is 9.94. The van der Waals surface area contributed by atoms with E-state index in [1.165, 1.54) is 0 Å². The Bertz CT molecular complexity index is 1500. The summed E-state index contributed by atoms with van der Waals surface area (Å²) in [6, 6.07) is 19.1. The van der Waals surface area contributed by atoms with Crippen molar-refractivity contribution in [1.82, 2.24) is 19.8 Å². The Balaban J connectivity index is 1.39. The van der Waals surface area contributed by atoms with E-state index in [9.17, 15) is 10.1 Å². The molecule has 36 heavy (non-hydrogen) atoms. The van der Waals surface area contributed by atoms with Crippen LogP contribution in [-0.4, -0.2) is 33.6 Å². The van der Waals surface area contributed by atoms with E-state index in [2.05, 4.69) is 49.4 Å². The first kappa shape index (κ1) is 24.3. The average Bonchev–Trinajstić information content (AvgIpc) is 3.21. The Hall–Kier alpha value is -3.44. The molecular weight excluding hydrogens is 538 g/mol. The predicted molar refractivity (Wildman–Crippen MR) is 146 cm³/mol. The predicted octanol–water partition coefficient (Wildman–Crippen LogP) is 6.15. The summed E-state index contributed by atoms with van der Waals surface area (Å²) in [7, 11) is 0. The molecule has 0 unspecified atom stereocenters. The lowest BCUT2D eigenvalue weighted by Crippen LogP contribution is -2.34. The van der Waals surface area contributed by atoms with Crippen molar-refractivity contribution in [3.05, 3.63) is 104 Å². The fourth-order valence-corrected chi connectivity index (χ4v) is 5.13. The third-order valence-electron chi connectivity index (χ3n) is 6.34. The Kier molecular flexibility index (Phi) is 7.19. The van der Waals surface area contributed by atoms with E-state index >= 15 is 0 Å². The van der Waals surface area contributed by atoms with E-state index in [-0.39, 0.29) is 6.03 Å². The first-order chi connectivity index (χ1) is 17.5. The van der Waals surface area contributed by atoms with Crippen LogP contribution in [0.2, 0.25) is 5.02 Å². The molecule has 3 heterocycles. The molecule has 2 aromatic carbocycles. The van der Waals surface area contributed by atoms with Gasteiger partial charge >= 0.3 is 6.03 Å². The molecule has 1 amide bonds. The number of halogens is 2. The van der Waals surface area contributed by atoms with E-state index in [0.29, 0.717) is 18.7 Å². The molecule has 4 aromatic rings. The summed E-state index contributed by atoms with van der Waals surface area (Å²) >= 11 is 9.35. The zero-order valence-corrected chi connectivity index (χ0v) is 21.8. The van der Waals surface area contributed by atoms with E-state index in [0.717, 1.165) is 62.4 Å². The Morgan fingerprint density at radius 3 is 2.81 bits per heavy atom. The molecule has 1 aliphatic rings. The molecular formula is C28H23BrClN5O. The second kappa shape index (κ2) is 10.7. The average molecular weight is 561 g/mol. The topological polar surface area (TPSA) is 74.0 Å². The first-order valence-electron chi connectivity index (χ1n) is 11.6. The molecule has 0 atom stereocenters. The molecule has 1 N–H and O–H groups in total. The summed E-state index contributed by atoms with van der Waals surface area (Å²) in [4.78, 5) is 19.9. The molecule has 0 bridgehead atoms. The van der Waals surface area contributed by atoms with Gasteiger partial charge in [-0.25, -0.2) is 9.78 Å². The normalized spacial score (nSPS) is 13.6. The Labute approximate surface area is 222 Å². The van der Waals surface area contributed by atoms with E-state index in [1.807, 2.05) is 48.5 Å². The molecule has 0 fully saturated rings. The second-order valence-electron chi connectivity index (χ2n) is 8.69. The Morgan fingerprint density at radius 2 is 2.03 bits per heavy atom. The number of benzene rings is 2. The minimum Gasteiger partial charge on any atom is -0.333 e. The number of amides is 1. The van der Waals surface area contributed by atoms with Gasteiger partial charge in [-0.2, -0.15) is 5.26 Å². The zero-order chi connectivity index (χ0) is 25.1. The van der Waals surface area contributed by atoms with Crippen LogP contribution in [0.25, 0.3) is 17.0 Å². The van der Waals surface area contributed by atoms with Crippen LogP contribution in [0.5, 0.6) is 0 Å². The van der Waals surface area contributed by atoms with E-state index < -0.39 is 0 Å². The van der Waals surface area contributed by atoms with Crippen LogP contribution < -0.4 is 5.32 Å². The number of rotatable bonds is 5. The van der Waals surface area contributed by atoms with Crippen molar-refractivity contribution in [2.45, 2.75) is 19.5 Å². The summed E-state index contributed by atoms with van der Waals surface area (Å²) < 4.78 is 2.51. The standard InChI is InChI=1S/C28H23BrClN5O/c29-27-15-21(9-11-32-27)17-33-28(36)35-25-8-5-20(16-31)14-23(25)24-18-34(13-10-26(24)35)12-1-2-19-3-6-22(30)7-4-19/h1-9,11,14-15H,10,12-13,17-18H2,(H,33,36)/b2-1+. The molecule has 0 saturated heterocycles. The number of nitriles is 1. The van der Waals surface area contributed by atoms with Gasteiger partial charge in [0.2, 0.25) is 0 Å². The van der Waals surface area contributed by atoms with Crippen LogP contribution in [0.3, 0.4) is 0 Å². The summed E-state index contributed by atoms with van der Waals surface area (Å²) in [5.74, 6) is 0. The maximum Gasteiger partial charge on any atom is 0.326 e. The summed E-state index contributed by atoms with van der Waals surface area (Å²) in [6.07, 6.45) is 6.69. The van der Waals surface area contributed by atoms with Gasteiger partial charge in [-0.05, 0) is 75.1 Å². The van der Waals surface area contributed by atoms with Gasteiger partial charge in [0.05, 0.1) is 17.1 Å². The molecule has 5 rings (SSSR count). The summed E-state index contributed by atoms with van der Waals surface area (Å²) in [5.41, 5.74) is 5.59. The smallest absolute Gasteiger partial charge is 0.326 e. The highest BCUT2D eigenvalue weighted by Crippen LogP contribution is 2.31. The highest BCUT2D eigenvalue weighted by molar-refractivity contribution is 9.10. The van der Waals surface area contributed by atoms with Gasteiger partial charge in [-0.15, -0.1) is 0 Å². The zero-order valence-electron chi connectivity index (χ0n) is 19.4. The molecule has 2 aromatic heterocycles. The largest absolute Gasteiger partial charge is 0.333 e. The summed E-state index contributed by atoms with van der Waals surface area (Å²) in [5, 5.41) is 14.2. The number of carbonyl (C=O) groups is 1. The summed E-state index contributed by atoms with van der Waals surface area (Å²) in [6.45, 7) is 2.73. The van der Waals surface area contributed by atoms with Crippen molar-refractivity contribution in [2.24, 2.45) is 0 Å². The van der Waals surface area contributed by atoms with Gasteiger partial charge < -0.3 is 5.32 Å². The number of nitrogens with zero attached hydrogens (tertiary/aromatic N) is 4. The van der Waals surface area contributed by atoms with Crippen molar-refractivity contribution in [1.29, 1.82) is 5.26 Å². The third-order valence-corrected chi connectivity index (χ3v) is 7.02. The lowest BCUT2D eigenvalue weighted by molar-refractivity contribution is 0.240. The van der Waals surface area contributed by atoms with Gasteiger partial charge in [0.25, 0.3) is 0 Å². The van der Waals surface area contributed by atoms with Crippen LogP contribution in [0.1, 0.15) is 27.9 Å². The Morgan fingerprint density at radius 1 is 1.19 bits per heavy atom. The number of carbonyl (C=O) groups excluding carboxylic acids is 1. The minimum absolute atomic E-state index is 0.171. The molecule has 180 valence electrons. The SMILES string of the molecule is N#Cc1ccc2c(c1)c1c(n2C(=O)NCc2ccnc(Br)c2)CCN(C/C=C/c2ccc(Cl)cc2)C1. The quantitative estimate of drug-likeness (QED) is 0.297. The lowest BCUT2D eigenvalue weighted by atomic mass is 10.0. The van der Waals surface area contributed by atoms with Gasteiger partial charge in [-0.3, -0.25) is 9.47 Å². The fourth-order valence-electron chi connectivity index (χ4n) is 4.59. The maximum absolute atomic E-state index is 13.4. The number of hydrogen-bond acceptors (Lipinski definition) is 4. The van der Waals surface area contributed by atoms with Gasteiger partial charge in [0.15, 0.2) is 0 Å². The number of aromatic nitrogens is 2. The lowest BCUT2D eigenvalue weighted by Gasteiger charge is -2.27. The highest BCUT2D eigenvalue weighted by atomic mass is 79.9. The fraction of sp³-hybridized carbons (Fsp3) is 0.179. The van der Waals surface area contributed by atoms with Crippen LogP contribution in [0.4, 0.5) is 4.79 Å². The van der Waals surface area contributed by atoms with Gasteiger partial charge in [0.1, 0.15) is 4.60 Å². The minimum atomic E-state index is -0.171. The van der Waals surface area contributed by atoms with Crippen LogP contribution in [0.15, 0.2) is 71.5 Å². The van der Waals surface area contributed by atoms with Crippen molar-refractivity contribution < 1.29 is 4.79 Å².